The molecule has 0 unspecified atom stereocenters. The van der Waals surface area contributed by atoms with E-state index in [2.05, 4.69) is 10.9 Å². The Morgan fingerprint density at radius 3 is 2.59 bits per heavy atom. The van der Waals surface area contributed by atoms with Crippen LogP contribution in [0.25, 0.3) is 6.08 Å². The van der Waals surface area contributed by atoms with Gasteiger partial charge in [-0.15, -0.1) is 6.42 Å². The number of rotatable bonds is 8. The molecule has 2 aromatic carbocycles. The second-order valence-electron chi connectivity index (χ2n) is 8.57. The molecule has 0 aliphatic carbocycles. The van der Waals surface area contributed by atoms with Gasteiger partial charge in [0.15, 0.2) is 4.80 Å². The average Bonchev–Trinajstić information content (AvgIpc) is 3.17. The largest absolute Gasteiger partial charge is 0.494 e. The third-order valence-electron chi connectivity index (χ3n) is 5.61. The molecule has 0 saturated carbocycles. The van der Waals surface area contributed by atoms with Gasteiger partial charge >= 0.3 is 5.97 Å². The lowest BCUT2D eigenvalue weighted by Crippen LogP contribution is -2.40. The van der Waals surface area contributed by atoms with Crippen LogP contribution in [-0.4, -0.2) is 29.9 Å². The Bertz CT molecular complexity index is 1560. The number of allylic oxidation sites excluding steroid dienone is 1. The third kappa shape index (κ3) is 5.52. The molecule has 4 rings (SSSR count). The van der Waals surface area contributed by atoms with Crippen molar-refractivity contribution in [1.82, 2.24) is 4.57 Å². The van der Waals surface area contributed by atoms with Crippen molar-refractivity contribution in [1.29, 1.82) is 0 Å². The minimum Gasteiger partial charge on any atom is -0.494 e. The quantitative estimate of drug-likeness (QED) is 0.338. The summed E-state index contributed by atoms with van der Waals surface area (Å²) in [6.45, 7) is 7.90. The predicted molar refractivity (Wildman–Crippen MR) is 143 cm³/mol. The molecule has 0 saturated heterocycles. The molecule has 0 bridgehead atoms. The molecule has 0 amide bonds. The average molecular weight is 517 g/mol. The Labute approximate surface area is 219 Å². The van der Waals surface area contributed by atoms with E-state index in [1.807, 2.05) is 49.4 Å². The van der Waals surface area contributed by atoms with E-state index in [-0.39, 0.29) is 18.3 Å². The molecule has 3 aromatic rings. The number of benzene rings is 2. The highest BCUT2D eigenvalue weighted by molar-refractivity contribution is 7.07. The van der Waals surface area contributed by atoms with Gasteiger partial charge in [0.1, 0.15) is 18.1 Å². The number of hydrogen-bond donors (Lipinski definition) is 0. The third-order valence-corrected chi connectivity index (χ3v) is 6.59. The van der Waals surface area contributed by atoms with E-state index >= 15 is 0 Å². The second kappa shape index (κ2) is 11.3. The first-order chi connectivity index (χ1) is 17.8. The van der Waals surface area contributed by atoms with Crippen molar-refractivity contribution in [2.75, 3.05) is 13.2 Å². The summed E-state index contributed by atoms with van der Waals surface area (Å²) in [6, 6.07) is 14.0. The number of esters is 1. The van der Waals surface area contributed by atoms with Crippen LogP contribution in [0.3, 0.4) is 0 Å². The van der Waals surface area contributed by atoms with E-state index in [9.17, 15) is 9.59 Å². The Balaban J connectivity index is 1.90. The molecular weight excluding hydrogens is 488 g/mol. The minimum atomic E-state index is -0.701. The minimum absolute atomic E-state index is 0.115. The molecular formula is C29H28N2O5S. The highest BCUT2D eigenvalue weighted by Gasteiger charge is 2.33. The maximum absolute atomic E-state index is 13.8. The van der Waals surface area contributed by atoms with Gasteiger partial charge < -0.3 is 14.2 Å². The number of para-hydroxylation sites is 1. The Morgan fingerprint density at radius 2 is 1.92 bits per heavy atom. The van der Waals surface area contributed by atoms with Gasteiger partial charge in [0.25, 0.3) is 5.56 Å². The summed E-state index contributed by atoms with van der Waals surface area (Å²) in [5.74, 6) is 3.23. The number of aromatic nitrogens is 1. The lowest BCUT2D eigenvalue weighted by Gasteiger charge is -2.25. The predicted octanol–water partition coefficient (Wildman–Crippen LogP) is 3.60. The maximum Gasteiger partial charge on any atom is 0.338 e. The molecule has 1 aliphatic heterocycles. The summed E-state index contributed by atoms with van der Waals surface area (Å²) in [4.78, 5) is 32.1. The van der Waals surface area contributed by atoms with Gasteiger partial charge in [-0.3, -0.25) is 9.36 Å². The van der Waals surface area contributed by atoms with E-state index in [0.717, 1.165) is 11.1 Å². The van der Waals surface area contributed by atoms with Crippen molar-refractivity contribution in [2.24, 2.45) is 4.99 Å². The van der Waals surface area contributed by atoms with E-state index in [0.29, 0.717) is 38.7 Å². The number of terminal acetylenes is 1. The Morgan fingerprint density at radius 1 is 1.19 bits per heavy atom. The van der Waals surface area contributed by atoms with Gasteiger partial charge in [-0.2, -0.15) is 0 Å². The smallest absolute Gasteiger partial charge is 0.338 e. The number of hydrogen-bond acceptors (Lipinski definition) is 7. The van der Waals surface area contributed by atoms with Crippen molar-refractivity contribution in [3.63, 3.8) is 0 Å². The SMILES string of the molecule is C#CCOc1ccccc1/C=c1/sc2n(c1=O)[C@H](c1ccc(OCC)cc1)C(C(=O)OC(C)C)=C(C)N=2. The number of carbonyl (C=O) groups is 1. The van der Waals surface area contributed by atoms with E-state index in [4.69, 9.17) is 20.6 Å². The summed E-state index contributed by atoms with van der Waals surface area (Å²) in [5, 5.41) is 0. The lowest BCUT2D eigenvalue weighted by molar-refractivity contribution is -0.143. The zero-order valence-electron chi connectivity index (χ0n) is 21.2. The molecule has 0 fully saturated rings. The number of nitrogens with zero attached hydrogens (tertiary/aromatic N) is 2. The van der Waals surface area contributed by atoms with E-state index in [1.54, 1.807) is 37.5 Å². The van der Waals surface area contributed by atoms with Crippen LogP contribution in [0.5, 0.6) is 11.5 Å². The van der Waals surface area contributed by atoms with Gasteiger partial charge in [-0.25, -0.2) is 9.79 Å². The molecule has 1 aromatic heterocycles. The number of ether oxygens (including phenoxy) is 3. The van der Waals surface area contributed by atoms with E-state index in [1.165, 1.54) is 11.3 Å². The molecule has 8 heteroatoms. The summed E-state index contributed by atoms with van der Waals surface area (Å²) in [5.41, 5.74) is 2.04. The van der Waals surface area contributed by atoms with Crippen molar-refractivity contribution >= 4 is 23.4 Å². The number of carbonyl (C=O) groups excluding carboxylic acids is 1. The first-order valence-electron chi connectivity index (χ1n) is 12.0. The van der Waals surface area contributed by atoms with Crippen molar-refractivity contribution in [3.8, 4) is 23.8 Å². The molecule has 1 aliphatic rings. The van der Waals surface area contributed by atoms with Crippen molar-refractivity contribution < 1.29 is 19.0 Å². The highest BCUT2D eigenvalue weighted by Crippen LogP contribution is 2.32. The molecule has 2 heterocycles. The Hall–Kier alpha value is -4.09. The summed E-state index contributed by atoms with van der Waals surface area (Å²) in [7, 11) is 0. The molecule has 1 atom stereocenters. The first kappa shape index (κ1) is 26.0. The summed E-state index contributed by atoms with van der Waals surface area (Å²) in [6.07, 6.45) is 6.79. The first-order valence-corrected chi connectivity index (χ1v) is 12.8. The van der Waals surface area contributed by atoms with Crippen LogP contribution in [0.1, 0.15) is 44.9 Å². The molecule has 0 radical (unpaired) electrons. The van der Waals surface area contributed by atoms with Crippen LogP contribution >= 0.6 is 11.3 Å². The highest BCUT2D eigenvalue weighted by atomic mass is 32.1. The standard InChI is InChI=1S/C29H28N2O5S/c1-6-16-35-23-11-9-8-10-21(23)17-24-27(32)31-26(20-12-14-22(15-13-20)34-7-2)25(28(33)36-18(3)4)19(5)30-29(31)37-24/h1,8-15,17-18,26H,7,16H2,2-5H3/b24-17+/t26-/m1/s1. The van der Waals surface area contributed by atoms with Crippen LogP contribution in [0.15, 0.2) is 69.6 Å². The van der Waals surface area contributed by atoms with Crippen molar-refractivity contribution in [3.05, 3.63) is 90.6 Å². The molecule has 190 valence electrons. The second-order valence-corrected chi connectivity index (χ2v) is 9.58. The summed E-state index contributed by atoms with van der Waals surface area (Å²) < 4.78 is 18.8. The van der Waals surface area contributed by atoms with Crippen LogP contribution in [0.2, 0.25) is 0 Å². The van der Waals surface area contributed by atoms with Crippen LogP contribution in [0, 0.1) is 12.3 Å². The zero-order chi connectivity index (χ0) is 26.5. The fourth-order valence-electron chi connectivity index (χ4n) is 4.08. The van der Waals surface area contributed by atoms with Gasteiger partial charge in [-0.05, 0) is 57.5 Å². The van der Waals surface area contributed by atoms with Gasteiger partial charge in [0.05, 0.1) is 34.6 Å². The van der Waals surface area contributed by atoms with E-state index < -0.39 is 12.0 Å². The van der Waals surface area contributed by atoms with Gasteiger partial charge in [0, 0.05) is 5.56 Å². The van der Waals surface area contributed by atoms with Crippen LogP contribution < -0.4 is 24.4 Å². The van der Waals surface area contributed by atoms with Crippen LogP contribution in [-0.2, 0) is 9.53 Å². The normalized spacial score (nSPS) is 15.1. The fourth-order valence-corrected chi connectivity index (χ4v) is 5.12. The monoisotopic (exact) mass is 516 g/mol. The maximum atomic E-state index is 13.8. The molecule has 0 N–H and O–H groups in total. The van der Waals surface area contributed by atoms with Gasteiger partial charge in [0.2, 0.25) is 0 Å². The number of fused-ring (bicyclic) bond motifs is 1. The molecule has 37 heavy (non-hydrogen) atoms. The topological polar surface area (TPSA) is 79.1 Å². The Kier molecular flexibility index (Phi) is 7.95. The fraction of sp³-hybridized carbons (Fsp3) is 0.276. The molecule has 7 nitrogen and oxygen atoms in total. The van der Waals surface area contributed by atoms with Gasteiger partial charge in [-0.1, -0.05) is 47.6 Å². The summed E-state index contributed by atoms with van der Waals surface area (Å²) >= 11 is 1.25. The molecule has 0 spiro atoms. The van der Waals surface area contributed by atoms with Crippen molar-refractivity contribution in [2.45, 2.75) is 39.8 Å². The zero-order valence-corrected chi connectivity index (χ0v) is 22.0. The number of thiazole rings is 1. The lowest BCUT2D eigenvalue weighted by atomic mass is 9.96. The van der Waals surface area contributed by atoms with Crippen LogP contribution in [0.4, 0.5) is 0 Å².